The lowest BCUT2D eigenvalue weighted by Crippen LogP contribution is -2.32. The van der Waals surface area contributed by atoms with Gasteiger partial charge in [-0.2, -0.15) is 0 Å². The van der Waals surface area contributed by atoms with Crippen molar-refractivity contribution >= 4 is 0 Å². The Bertz CT molecular complexity index is 125. The van der Waals surface area contributed by atoms with Gasteiger partial charge in [0.1, 0.15) is 0 Å². The van der Waals surface area contributed by atoms with Crippen molar-refractivity contribution in [2.24, 2.45) is 11.8 Å². The Balaban J connectivity index is 0.000000921. The highest BCUT2D eigenvalue weighted by Crippen LogP contribution is 2.27. The highest BCUT2D eigenvalue weighted by Gasteiger charge is 2.21. The zero-order valence-corrected chi connectivity index (χ0v) is 11.6. The molecule has 1 rings (SSSR count). The van der Waals surface area contributed by atoms with E-state index in [2.05, 4.69) is 25.8 Å². The molecule has 1 atom stereocenters. The molecule has 0 aromatic heterocycles. The van der Waals surface area contributed by atoms with Crippen LogP contribution in [0.25, 0.3) is 0 Å². The maximum absolute atomic E-state index is 2.46. The molecule has 92 valence electrons. The molecule has 1 fully saturated rings. The molecule has 0 aromatic carbocycles. The summed E-state index contributed by atoms with van der Waals surface area (Å²) in [5, 5.41) is 0. The van der Waals surface area contributed by atoms with Crippen LogP contribution >= 0.6 is 0 Å². The smallest absolute Gasteiger partial charge is 0.00190 e. The van der Waals surface area contributed by atoms with Crippen molar-refractivity contribution < 1.29 is 0 Å². The van der Waals surface area contributed by atoms with E-state index in [1.54, 1.807) is 0 Å². The quantitative estimate of drug-likeness (QED) is 0.677. The molecule has 1 saturated heterocycles. The molecule has 1 heteroatoms. The molecule has 1 aliphatic rings. The first kappa shape index (κ1) is 15.0. The van der Waals surface area contributed by atoms with Crippen molar-refractivity contribution in [1.29, 1.82) is 0 Å². The molecule has 0 radical (unpaired) electrons. The zero-order chi connectivity index (χ0) is 11.7. The Morgan fingerprint density at radius 3 is 2.20 bits per heavy atom. The maximum Gasteiger partial charge on any atom is -0.00190 e. The summed E-state index contributed by atoms with van der Waals surface area (Å²) in [5.74, 6) is 1.98. The fraction of sp³-hybridized carbons (Fsp3) is 1.00. The first-order valence-corrected chi connectivity index (χ1v) is 6.92. The Kier molecular flexibility index (Phi) is 9.18. The summed E-state index contributed by atoms with van der Waals surface area (Å²) >= 11 is 0. The number of unbranched alkanes of at least 4 members (excludes halogenated alkanes) is 1. The van der Waals surface area contributed by atoms with Gasteiger partial charge in [-0.1, -0.05) is 47.0 Å². The van der Waals surface area contributed by atoms with Crippen LogP contribution in [0.2, 0.25) is 0 Å². The van der Waals surface area contributed by atoms with Crippen LogP contribution in [0.5, 0.6) is 0 Å². The first-order valence-electron chi connectivity index (χ1n) is 6.92. The second-order valence-electron chi connectivity index (χ2n) is 4.76. The van der Waals surface area contributed by atoms with Crippen LogP contribution in [0.15, 0.2) is 0 Å². The van der Waals surface area contributed by atoms with Gasteiger partial charge in [0.05, 0.1) is 0 Å². The monoisotopic (exact) mass is 213 g/mol. The van der Waals surface area contributed by atoms with E-state index in [-0.39, 0.29) is 0 Å². The van der Waals surface area contributed by atoms with Crippen molar-refractivity contribution in [3.05, 3.63) is 0 Å². The van der Waals surface area contributed by atoms with Crippen molar-refractivity contribution in [3.63, 3.8) is 0 Å². The van der Waals surface area contributed by atoms with Gasteiger partial charge in [-0.15, -0.1) is 0 Å². The van der Waals surface area contributed by atoms with Crippen LogP contribution < -0.4 is 0 Å². The fourth-order valence-corrected chi connectivity index (χ4v) is 2.36. The molecule has 15 heavy (non-hydrogen) atoms. The third-order valence-electron chi connectivity index (χ3n) is 3.58. The van der Waals surface area contributed by atoms with E-state index >= 15 is 0 Å². The fourth-order valence-electron chi connectivity index (χ4n) is 2.36. The molecular weight excluding hydrogens is 182 g/mol. The second kappa shape index (κ2) is 9.21. The largest absolute Gasteiger partial charge is 0.306 e. The normalized spacial score (nSPS) is 20.6. The van der Waals surface area contributed by atoms with Gasteiger partial charge in [0.25, 0.3) is 0 Å². The third kappa shape index (κ3) is 6.19. The topological polar surface area (TPSA) is 3.24 Å². The van der Waals surface area contributed by atoms with Crippen molar-refractivity contribution in [2.75, 3.05) is 20.1 Å². The molecule has 0 amide bonds. The number of nitrogens with zero attached hydrogens (tertiary/aromatic N) is 1. The molecule has 1 nitrogen and oxygen atoms in total. The standard InChI is InChI=1S/C12H25N.C2H6/c1-4-5-6-11(2)12-7-9-13(3)10-8-12;1-2/h11-12H,4-10H2,1-3H3;1-2H3. The summed E-state index contributed by atoms with van der Waals surface area (Å²) in [6.45, 7) is 11.4. The van der Waals surface area contributed by atoms with Gasteiger partial charge in [0, 0.05) is 0 Å². The molecule has 0 N–H and O–H groups in total. The minimum absolute atomic E-state index is 0.966. The Hall–Kier alpha value is -0.0400. The lowest BCUT2D eigenvalue weighted by atomic mass is 9.83. The highest BCUT2D eigenvalue weighted by atomic mass is 15.1. The summed E-state index contributed by atoms with van der Waals surface area (Å²) in [7, 11) is 2.24. The van der Waals surface area contributed by atoms with Crippen LogP contribution in [-0.2, 0) is 0 Å². The number of rotatable bonds is 4. The molecule has 0 aliphatic carbocycles. The second-order valence-corrected chi connectivity index (χ2v) is 4.76. The lowest BCUT2D eigenvalue weighted by molar-refractivity contribution is 0.171. The molecule has 0 saturated carbocycles. The van der Waals surface area contributed by atoms with Gasteiger partial charge >= 0.3 is 0 Å². The minimum atomic E-state index is 0.966. The van der Waals surface area contributed by atoms with Gasteiger partial charge in [0.2, 0.25) is 0 Å². The molecule has 0 aromatic rings. The van der Waals surface area contributed by atoms with Crippen LogP contribution in [0.4, 0.5) is 0 Å². The minimum Gasteiger partial charge on any atom is -0.306 e. The van der Waals surface area contributed by atoms with E-state index < -0.39 is 0 Å². The van der Waals surface area contributed by atoms with E-state index in [1.165, 1.54) is 45.2 Å². The molecule has 1 aliphatic heterocycles. The lowest BCUT2D eigenvalue weighted by Gasteiger charge is -2.32. The van der Waals surface area contributed by atoms with Gasteiger partial charge in [-0.3, -0.25) is 0 Å². The van der Waals surface area contributed by atoms with Crippen LogP contribution in [0, 0.1) is 11.8 Å². The van der Waals surface area contributed by atoms with E-state index in [0.717, 1.165) is 11.8 Å². The van der Waals surface area contributed by atoms with Crippen LogP contribution in [0.1, 0.15) is 59.8 Å². The van der Waals surface area contributed by atoms with Crippen molar-refractivity contribution in [2.45, 2.75) is 59.8 Å². The number of hydrogen-bond donors (Lipinski definition) is 0. The predicted molar refractivity (Wildman–Crippen MR) is 70.3 cm³/mol. The van der Waals surface area contributed by atoms with Gasteiger partial charge in [-0.25, -0.2) is 0 Å². The highest BCUT2D eigenvalue weighted by molar-refractivity contribution is 4.74. The van der Waals surface area contributed by atoms with Crippen molar-refractivity contribution in [3.8, 4) is 0 Å². The Morgan fingerprint density at radius 2 is 1.73 bits per heavy atom. The summed E-state index contributed by atoms with van der Waals surface area (Å²) in [6, 6.07) is 0. The molecule has 1 unspecified atom stereocenters. The van der Waals surface area contributed by atoms with Crippen LogP contribution in [-0.4, -0.2) is 25.0 Å². The van der Waals surface area contributed by atoms with Crippen molar-refractivity contribution in [1.82, 2.24) is 4.90 Å². The molecule has 0 bridgehead atoms. The first-order chi connectivity index (χ1) is 7.24. The van der Waals surface area contributed by atoms with E-state index in [1.807, 2.05) is 13.8 Å². The predicted octanol–water partition coefficient (Wildman–Crippen LogP) is 4.18. The molecule has 0 spiro atoms. The number of likely N-dealkylation sites (tertiary alicyclic amines) is 1. The summed E-state index contributed by atoms with van der Waals surface area (Å²) in [4.78, 5) is 2.46. The van der Waals surface area contributed by atoms with Gasteiger partial charge < -0.3 is 4.90 Å². The summed E-state index contributed by atoms with van der Waals surface area (Å²) in [5.41, 5.74) is 0. The van der Waals surface area contributed by atoms with Gasteiger partial charge in [-0.05, 0) is 44.8 Å². The number of hydrogen-bond acceptors (Lipinski definition) is 1. The van der Waals surface area contributed by atoms with E-state index in [4.69, 9.17) is 0 Å². The summed E-state index contributed by atoms with van der Waals surface area (Å²) < 4.78 is 0. The molecule has 1 heterocycles. The van der Waals surface area contributed by atoms with Crippen LogP contribution in [0.3, 0.4) is 0 Å². The zero-order valence-electron chi connectivity index (χ0n) is 11.6. The average Bonchev–Trinajstić information content (AvgIpc) is 2.29. The van der Waals surface area contributed by atoms with Gasteiger partial charge in [0.15, 0.2) is 0 Å². The average molecular weight is 213 g/mol. The third-order valence-corrected chi connectivity index (χ3v) is 3.58. The maximum atomic E-state index is 2.46. The molecular formula is C14H31N. The summed E-state index contributed by atoms with van der Waals surface area (Å²) in [6.07, 6.45) is 7.10. The van der Waals surface area contributed by atoms with E-state index in [9.17, 15) is 0 Å². The van der Waals surface area contributed by atoms with E-state index in [0.29, 0.717) is 0 Å². The Morgan fingerprint density at radius 1 is 1.20 bits per heavy atom. The SMILES string of the molecule is CC.CCCCC(C)C1CCN(C)CC1. The Labute approximate surface area is 97.2 Å². The number of piperidine rings is 1.